The molecule has 0 aliphatic heterocycles. The second-order valence-electron chi connectivity index (χ2n) is 4.81. The van der Waals surface area contributed by atoms with E-state index in [2.05, 4.69) is 67.2 Å². The Kier molecular flexibility index (Phi) is 6.35. The maximum Gasteiger partial charge on any atom is 0.0206 e. The molecule has 0 aromatic rings. The summed E-state index contributed by atoms with van der Waals surface area (Å²) in [4.78, 5) is 0. The number of hydrogen-bond donors (Lipinski definition) is 1. The van der Waals surface area contributed by atoms with Crippen LogP contribution in [0.5, 0.6) is 0 Å². The van der Waals surface area contributed by atoms with Crippen LogP contribution in [0.15, 0.2) is 22.8 Å². The lowest BCUT2D eigenvalue weighted by atomic mass is 9.87. The van der Waals surface area contributed by atoms with Gasteiger partial charge in [-0.3, -0.25) is 0 Å². The Bertz CT molecular complexity index is 245. The SMILES string of the molecule is CC=C(/C(C)=C(\C(C)C)C(C)S)C(C)C. The first-order chi connectivity index (χ1) is 6.82. The summed E-state index contributed by atoms with van der Waals surface area (Å²) in [6.07, 6.45) is 2.23. The van der Waals surface area contributed by atoms with E-state index in [4.69, 9.17) is 0 Å². The quantitative estimate of drug-likeness (QED) is 0.512. The zero-order valence-corrected chi connectivity index (χ0v) is 12.2. The Labute approximate surface area is 101 Å². The van der Waals surface area contributed by atoms with Crippen molar-refractivity contribution in [2.75, 3.05) is 0 Å². The van der Waals surface area contributed by atoms with Crippen LogP contribution in [-0.2, 0) is 0 Å². The molecule has 0 saturated heterocycles. The maximum absolute atomic E-state index is 4.59. The molecule has 0 aliphatic carbocycles. The second kappa shape index (κ2) is 6.42. The van der Waals surface area contributed by atoms with E-state index in [1.54, 1.807) is 0 Å². The molecule has 15 heavy (non-hydrogen) atoms. The average Bonchev–Trinajstić information content (AvgIpc) is 2.02. The average molecular weight is 226 g/mol. The van der Waals surface area contributed by atoms with E-state index in [0.717, 1.165) is 0 Å². The molecule has 0 saturated carbocycles. The highest BCUT2D eigenvalue weighted by atomic mass is 32.1. The van der Waals surface area contributed by atoms with Crippen LogP contribution in [0.2, 0.25) is 0 Å². The summed E-state index contributed by atoms with van der Waals surface area (Å²) in [7, 11) is 0. The van der Waals surface area contributed by atoms with Gasteiger partial charge >= 0.3 is 0 Å². The Hall–Kier alpha value is -0.170. The molecule has 0 aromatic carbocycles. The third-order valence-electron chi connectivity index (χ3n) is 2.87. The van der Waals surface area contributed by atoms with Crippen molar-refractivity contribution >= 4 is 12.6 Å². The highest BCUT2D eigenvalue weighted by molar-refractivity contribution is 7.81. The van der Waals surface area contributed by atoms with Crippen LogP contribution in [0.1, 0.15) is 48.5 Å². The zero-order valence-electron chi connectivity index (χ0n) is 11.3. The van der Waals surface area contributed by atoms with Crippen molar-refractivity contribution in [1.29, 1.82) is 0 Å². The summed E-state index contributed by atoms with van der Waals surface area (Å²) in [6.45, 7) is 15.5. The van der Waals surface area contributed by atoms with Gasteiger partial charge in [-0.15, -0.1) is 0 Å². The van der Waals surface area contributed by atoms with E-state index < -0.39 is 0 Å². The van der Waals surface area contributed by atoms with Gasteiger partial charge in [-0.25, -0.2) is 0 Å². The first-order valence-electron chi connectivity index (χ1n) is 5.88. The molecule has 0 radical (unpaired) electrons. The molecule has 1 unspecified atom stereocenters. The molecular weight excluding hydrogens is 200 g/mol. The minimum Gasteiger partial charge on any atom is -0.172 e. The van der Waals surface area contributed by atoms with Crippen LogP contribution in [-0.4, -0.2) is 5.25 Å². The van der Waals surface area contributed by atoms with E-state index in [1.807, 2.05) is 0 Å². The predicted octanol–water partition coefficient (Wildman–Crippen LogP) is 4.88. The third-order valence-corrected chi connectivity index (χ3v) is 3.15. The van der Waals surface area contributed by atoms with Gasteiger partial charge in [0.15, 0.2) is 0 Å². The van der Waals surface area contributed by atoms with E-state index in [1.165, 1.54) is 16.7 Å². The van der Waals surface area contributed by atoms with Crippen LogP contribution in [0.3, 0.4) is 0 Å². The molecular formula is C14H26S. The molecule has 0 nitrogen and oxygen atoms in total. The van der Waals surface area contributed by atoms with Gasteiger partial charge in [0.2, 0.25) is 0 Å². The fourth-order valence-electron chi connectivity index (χ4n) is 2.38. The van der Waals surface area contributed by atoms with Crippen LogP contribution in [0, 0.1) is 11.8 Å². The van der Waals surface area contributed by atoms with Gasteiger partial charge in [0.05, 0.1) is 0 Å². The van der Waals surface area contributed by atoms with Crippen LogP contribution < -0.4 is 0 Å². The van der Waals surface area contributed by atoms with Crippen molar-refractivity contribution in [3.8, 4) is 0 Å². The summed E-state index contributed by atoms with van der Waals surface area (Å²) in [5.74, 6) is 1.17. The van der Waals surface area contributed by atoms with E-state index in [0.29, 0.717) is 17.1 Å². The molecule has 88 valence electrons. The summed E-state index contributed by atoms with van der Waals surface area (Å²) >= 11 is 4.59. The molecule has 0 amide bonds. The van der Waals surface area contributed by atoms with Gasteiger partial charge in [0.1, 0.15) is 0 Å². The van der Waals surface area contributed by atoms with Gasteiger partial charge < -0.3 is 0 Å². The third kappa shape index (κ3) is 4.06. The van der Waals surface area contributed by atoms with Gasteiger partial charge in [0, 0.05) is 5.25 Å². The Morgan fingerprint density at radius 2 is 1.47 bits per heavy atom. The normalized spacial score (nSPS) is 17.1. The van der Waals surface area contributed by atoms with Gasteiger partial charge in [-0.05, 0) is 43.8 Å². The summed E-state index contributed by atoms with van der Waals surface area (Å²) in [5.41, 5.74) is 4.37. The van der Waals surface area contributed by atoms with Crippen LogP contribution in [0.25, 0.3) is 0 Å². The molecule has 0 spiro atoms. The first kappa shape index (κ1) is 14.8. The van der Waals surface area contributed by atoms with Crippen LogP contribution >= 0.6 is 12.6 Å². The molecule has 0 fully saturated rings. The minimum atomic E-state index is 0.346. The maximum atomic E-state index is 4.59. The smallest absolute Gasteiger partial charge is 0.0206 e. The van der Waals surface area contributed by atoms with Crippen molar-refractivity contribution < 1.29 is 0 Å². The van der Waals surface area contributed by atoms with Crippen LogP contribution in [0.4, 0.5) is 0 Å². The minimum absolute atomic E-state index is 0.346. The Morgan fingerprint density at radius 1 is 1.00 bits per heavy atom. The van der Waals surface area contributed by atoms with Gasteiger partial charge in [0.25, 0.3) is 0 Å². The van der Waals surface area contributed by atoms with Crippen molar-refractivity contribution in [3.63, 3.8) is 0 Å². The molecule has 0 aliphatic rings. The van der Waals surface area contributed by atoms with E-state index in [-0.39, 0.29) is 0 Å². The Morgan fingerprint density at radius 3 is 1.67 bits per heavy atom. The fraction of sp³-hybridized carbons (Fsp3) is 0.714. The summed E-state index contributed by atoms with van der Waals surface area (Å²) in [6, 6.07) is 0. The van der Waals surface area contributed by atoms with Gasteiger partial charge in [-0.2, -0.15) is 12.6 Å². The molecule has 1 heteroatoms. The highest BCUT2D eigenvalue weighted by Crippen LogP contribution is 2.29. The highest BCUT2D eigenvalue weighted by Gasteiger charge is 2.15. The van der Waals surface area contributed by atoms with Crippen molar-refractivity contribution in [2.45, 2.75) is 53.7 Å². The topological polar surface area (TPSA) is 0 Å². The molecule has 0 bridgehead atoms. The summed E-state index contributed by atoms with van der Waals surface area (Å²) < 4.78 is 0. The number of thiol groups is 1. The lowest BCUT2D eigenvalue weighted by Gasteiger charge is -2.22. The van der Waals surface area contributed by atoms with E-state index in [9.17, 15) is 0 Å². The van der Waals surface area contributed by atoms with E-state index >= 15 is 0 Å². The molecule has 1 atom stereocenters. The van der Waals surface area contributed by atoms with Gasteiger partial charge in [-0.1, -0.05) is 39.3 Å². The monoisotopic (exact) mass is 226 g/mol. The van der Waals surface area contributed by atoms with Crippen molar-refractivity contribution in [3.05, 3.63) is 22.8 Å². The lowest BCUT2D eigenvalue weighted by Crippen LogP contribution is -2.10. The molecule has 0 aromatic heterocycles. The first-order valence-corrected chi connectivity index (χ1v) is 6.39. The number of allylic oxidation sites excluding steroid dienone is 3. The summed E-state index contributed by atoms with van der Waals surface area (Å²) in [5, 5.41) is 0.346. The second-order valence-corrected chi connectivity index (χ2v) is 5.58. The number of rotatable bonds is 4. The molecule has 0 N–H and O–H groups in total. The molecule has 0 heterocycles. The fourth-order valence-corrected chi connectivity index (χ4v) is 2.87. The largest absolute Gasteiger partial charge is 0.172 e. The molecule has 0 rings (SSSR count). The predicted molar refractivity (Wildman–Crippen MR) is 74.6 cm³/mol. The number of hydrogen-bond acceptors (Lipinski definition) is 1. The zero-order chi connectivity index (χ0) is 12.2. The van der Waals surface area contributed by atoms with Crippen molar-refractivity contribution in [2.24, 2.45) is 11.8 Å². The standard InChI is InChI=1S/C14H26S/c1-8-13(9(2)3)11(6)14(10(4)5)12(7)15/h8-10,12,15H,1-7H3/b13-8?,14-11+. The Balaban J connectivity index is 5.35. The van der Waals surface area contributed by atoms with Crippen molar-refractivity contribution in [1.82, 2.24) is 0 Å². The lowest BCUT2D eigenvalue weighted by molar-refractivity contribution is 0.708.